The highest BCUT2D eigenvalue weighted by molar-refractivity contribution is 7.89. The summed E-state index contributed by atoms with van der Waals surface area (Å²) < 4.78 is 52.5. The third kappa shape index (κ3) is 6.06. The minimum absolute atomic E-state index is 0.0692. The quantitative estimate of drug-likeness (QED) is 0.133. The summed E-state index contributed by atoms with van der Waals surface area (Å²) in [5, 5.41) is 8.68. The number of aliphatic imine (C=N–C) groups is 1. The van der Waals surface area contributed by atoms with Gasteiger partial charge in [0.15, 0.2) is 5.96 Å². The van der Waals surface area contributed by atoms with E-state index in [0.29, 0.717) is 18.2 Å². The number of sulfonamides is 1. The Hall–Kier alpha value is -2.31. The molecule has 1 amide bonds. The van der Waals surface area contributed by atoms with Gasteiger partial charge in [-0.3, -0.25) is 15.0 Å². The van der Waals surface area contributed by atoms with Gasteiger partial charge < -0.3 is 11.5 Å². The Morgan fingerprint density at radius 3 is 2.33 bits per heavy atom. The highest BCUT2D eigenvalue weighted by Gasteiger charge is 2.26. The van der Waals surface area contributed by atoms with E-state index in [4.69, 9.17) is 16.7 Å². The molecular weight excluding hydrogens is 348 g/mol. The van der Waals surface area contributed by atoms with E-state index < -0.39 is 38.5 Å². The highest BCUT2D eigenvalue weighted by atomic mass is 32.2. The first kappa shape index (κ1) is 19.7. The second-order valence-corrected chi connectivity index (χ2v) is 6.42. The minimum atomic E-state index is -4.40. The fourth-order valence-electron chi connectivity index (χ4n) is 1.76. The molecule has 134 valence electrons. The Bertz CT molecular complexity index is 702. The largest absolute Gasteiger partial charge is 0.370 e. The van der Waals surface area contributed by atoms with Crippen molar-refractivity contribution < 1.29 is 27.2 Å². The fourth-order valence-corrected chi connectivity index (χ4v) is 3.04. The molecule has 1 unspecified atom stereocenters. The molecule has 0 fully saturated rings. The van der Waals surface area contributed by atoms with Crippen molar-refractivity contribution in [2.24, 2.45) is 16.5 Å². The van der Waals surface area contributed by atoms with E-state index in [0.717, 1.165) is 0 Å². The molecule has 24 heavy (non-hydrogen) atoms. The predicted molar refractivity (Wildman–Crippen MR) is 80.3 cm³/mol. The van der Waals surface area contributed by atoms with E-state index in [1.165, 1.54) is 5.48 Å². The van der Waals surface area contributed by atoms with Gasteiger partial charge in [0, 0.05) is 12.6 Å². The Morgan fingerprint density at radius 1 is 1.25 bits per heavy atom. The number of carbonyl (C=O) groups is 1. The lowest BCUT2D eigenvalue weighted by Gasteiger charge is -2.16. The lowest BCUT2D eigenvalue weighted by molar-refractivity contribution is -0.131. The molecule has 1 atom stereocenters. The number of rotatable bonds is 8. The fraction of sp³-hybridized carbons (Fsp3) is 0.333. The SMILES string of the molecule is NC(N)=NCCCC(NS(=O)(=O)c1cc(F)cc(F)c1)C(=O)NO. The van der Waals surface area contributed by atoms with Gasteiger partial charge >= 0.3 is 0 Å². The van der Waals surface area contributed by atoms with Gasteiger partial charge in [-0.15, -0.1) is 0 Å². The predicted octanol–water partition coefficient (Wildman–Crippen LogP) is -0.829. The molecule has 7 N–H and O–H groups in total. The standard InChI is InChI=1S/C12H17F2N5O4S/c13-7-4-8(14)6-9(5-7)24(22,23)19-10(11(20)18-21)2-1-3-17-12(15)16/h4-6,10,19,21H,1-3H2,(H,18,20)(H4,15,16,17). The van der Waals surface area contributed by atoms with Crippen molar-refractivity contribution in [1.82, 2.24) is 10.2 Å². The maximum absolute atomic E-state index is 13.2. The van der Waals surface area contributed by atoms with Gasteiger partial charge in [0.2, 0.25) is 10.0 Å². The van der Waals surface area contributed by atoms with E-state index in [9.17, 15) is 22.0 Å². The van der Waals surface area contributed by atoms with Crippen molar-refractivity contribution in [3.05, 3.63) is 29.8 Å². The number of nitrogens with one attached hydrogen (secondary N) is 2. The lowest BCUT2D eigenvalue weighted by Crippen LogP contribution is -2.45. The third-order valence-corrected chi connectivity index (χ3v) is 4.27. The van der Waals surface area contributed by atoms with Crippen LogP contribution in [0.25, 0.3) is 0 Å². The summed E-state index contributed by atoms with van der Waals surface area (Å²) in [6.07, 6.45) is 0.135. The van der Waals surface area contributed by atoms with Crippen LogP contribution in [-0.4, -0.2) is 38.1 Å². The molecule has 0 aliphatic heterocycles. The van der Waals surface area contributed by atoms with Crippen LogP contribution in [0.3, 0.4) is 0 Å². The number of guanidine groups is 1. The van der Waals surface area contributed by atoms with E-state index >= 15 is 0 Å². The molecule has 0 aliphatic carbocycles. The van der Waals surface area contributed by atoms with Gasteiger partial charge in [-0.1, -0.05) is 0 Å². The number of halogens is 2. The molecule has 0 bridgehead atoms. The van der Waals surface area contributed by atoms with Gasteiger partial charge in [-0.2, -0.15) is 4.72 Å². The molecule has 12 heteroatoms. The van der Waals surface area contributed by atoms with Gasteiger partial charge in [-0.25, -0.2) is 22.7 Å². The van der Waals surface area contributed by atoms with Crippen molar-refractivity contribution in [3.63, 3.8) is 0 Å². The smallest absolute Gasteiger partial charge is 0.261 e. The molecule has 0 aromatic heterocycles. The number of hydrogen-bond donors (Lipinski definition) is 5. The number of nitrogens with zero attached hydrogens (tertiary/aromatic N) is 1. The minimum Gasteiger partial charge on any atom is -0.370 e. The Labute approximate surface area is 136 Å². The topological polar surface area (TPSA) is 160 Å². The van der Waals surface area contributed by atoms with Crippen molar-refractivity contribution in [3.8, 4) is 0 Å². The summed E-state index contributed by atoms with van der Waals surface area (Å²) >= 11 is 0. The average Bonchev–Trinajstić information content (AvgIpc) is 2.48. The monoisotopic (exact) mass is 365 g/mol. The van der Waals surface area contributed by atoms with Gasteiger partial charge in [0.1, 0.15) is 17.7 Å². The first-order chi connectivity index (χ1) is 11.2. The summed E-state index contributed by atoms with van der Waals surface area (Å²) in [4.78, 5) is 14.5. The number of hydrogen-bond acceptors (Lipinski definition) is 5. The highest BCUT2D eigenvalue weighted by Crippen LogP contribution is 2.14. The maximum atomic E-state index is 13.2. The molecule has 1 aromatic carbocycles. The van der Waals surface area contributed by atoms with Gasteiger partial charge in [0.25, 0.3) is 5.91 Å². The number of carbonyl (C=O) groups excluding carboxylic acids is 1. The second kappa shape index (κ2) is 8.52. The summed E-state index contributed by atoms with van der Waals surface area (Å²) in [6, 6.07) is 0.310. The van der Waals surface area contributed by atoms with Gasteiger partial charge in [-0.05, 0) is 25.0 Å². The molecule has 0 aliphatic rings. The van der Waals surface area contributed by atoms with E-state index in [1.54, 1.807) is 0 Å². The maximum Gasteiger partial charge on any atom is 0.261 e. The lowest BCUT2D eigenvalue weighted by atomic mass is 10.1. The Kier molecular flexibility index (Phi) is 7.00. The van der Waals surface area contributed by atoms with Crippen molar-refractivity contribution >= 4 is 21.9 Å². The molecule has 0 saturated heterocycles. The van der Waals surface area contributed by atoms with Crippen LogP contribution >= 0.6 is 0 Å². The number of nitrogens with two attached hydrogens (primary N) is 2. The average molecular weight is 365 g/mol. The Morgan fingerprint density at radius 2 is 1.83 bits per heavy atom. The molecular formula is C12H17F2N5O4S. The normalized spacial score (nSPS) is 12.5. The van der Waals surface area contributed by atoms with Crippen LogP contribution in [0, 0.1) is 11.6 Å². The summed E-state index contributed by atoms with van der Waals surface area (Å²) in [7, 11) is -4.40. The van der Waals surface area contributed by atoms with E-state index in [-0.39, 0.29) is 25.3 Å². The second-order valence-electron chi connectivity index (χ2n) is 4.70. The van der Waals surface area contributed by atoms with E-state index in [1.807, 2.05) is 4.72 Å². The summed E-state index contributed by atoms with van der Waals surface area (Å²) in [5.41, 5.74) is 11.6. The van der Waals surface area contributed by atoms with Gasteiger partial charge in [0.05, 0.1) is 4.90 Å². The molecule has 9 nitrogen and oxygen atoms in total. The molecule has 0 heterocycles. The molecule has 1 aromatic rings. The molecule has 1 rings (SSSR count). The van der Waals surface area contributed by atoms with Crippen LogP contribution in [0.4, 0.5) is 8.78 Å². The summed E-state index contributed by atoms with van der Waals surface area (Å²) in [5.74, 6) is -3.40. The van der Waals surface area contributed by atoms with Crippen LogP contribution < -0.4 is 21.7 Å². The first-order valence-electron chi connectivity index (χ1n) is 6.63. The third-order valence-electron chi connectivity index (χ3n) is 2.82. The molecule has 0 radical (unpaired) electrons. The number of benzene rings is 1. The molecule has 0 spiro atoms. The number of hydroxylamine groups is 1. The zero-order valence-electron chi connectivity index (χ0n) is 12.4. The van der Waals surface area contributed by atoms with Crippen molar-refractivity contribution in [1.29, 1.82) is 0 Å². The first-order valence-corrected chi connectivity index (χ1v) is 8.12. The van der Waals surface area contributed by atoms with Crippen LogP contribution in [0.15, 0.2) is 28.1 Å². The van der Waals surface area contributed by atoms with Crippen LogP contribution in [0.5, 0.6) is 0 Å². The van der Waals surface area contributed by atoms with Crippen LogP contribution in [-0.2, 0) is 14.8 Å². The Balaban J connectivity index is 2.91. The van der Waals surface area contributed by atoms with Crippen molar-refractivity contribution in [2.75, 3.05) is 6.54 Å². The van der Waals surface area contributed by atoms with Crippen LogP contribution in [0.2, 0.25) is 0 Å². The zero-order chi connectivity index (χ0) is 18.3. The number of amides is 1. The molecule has 0 saturated carbocycles. The zero-order valence-corrected chi connectivity index (χ0v) is 13.2. The van der Waals surface area contributed by atoms with E-state index in [2.05, 4.69) is 4.99 Å². The summed E-state index contributed by atoms with van der Waals surface area (Å²) in [6.45, 7) is 0.119. The van der Waals surface area contributed by atoms with Crippen molar-refractivity contribution in [2.45, 2.75) is 23.8 Å². The van der Waals surface area contributed by atoms with Crippen LogP contribution in [0.1, 0.15) is 12.8 Å².